The van der Waals surface area contributed by atoms with E-state index in [1.165, 1.54) is 0 Å². The van der Waals surface area contributed by atoms with Gasteiger partial charge >= 0.3 is 6.03 Å². The zero-order chi connectivity index (χ0) is 17.5. The second kappa shape index (κ2) is 8.40. The van der Waals surface area contributed by atoms with Crippen molar-refractivity contribution < 1.29 is 4.79 Å². The molecule has 6 heteroatoms. The second-order valence-electron chi connectivity index (χ2n) is 6.19. The van der Waals surface area contributed by atoms with E-state index in [1.807, 2.05) is 64.3 Å². The van der Waals surface area contributed by atoms with Crippen LogP contribution in [-0.2, 0) is 0 Å². The molecule has 0 radical (unpaired) electrons. The van der Waals surface area contributed by atoms with Crippen molar-refractivity contribution in [3.8, 4) is 11.3 Å². The highest BCUT2D eigenvalue weighted by Crippen LogP contribution is 2.16. The Hall–Kier alpha value is -2.47. The van der Waals surface area contributed by atoms with Gasteiger partial charge in [-0.2, -0.15) is 0 Å². The van der Waals surface area contributed by atoms with E-state index in [2.05, 4.69) is 20.4 Å². The maximum atomic E-state index is 12.5. The van der Waals surface area contributed by atoms with Gasteiger partial charge in [-0.1, -0.05) is 30.3 Å². The van der Waals surface area contributed by atoms with Gasteiger partial charge in [-0.25, -0.2) is 4.79 Å². The predicted octanol–water partition coefficient (Wildman–Crippen LogP) is 2.95. The molecule has 0 aliphatic rings. The number of anilines is 1. The Morgan fingerprint density at radius 1 is 1.04 bits per heavy atom. The Bertz CT molecular complexity index is 640. The molecule has 0 aliphatic heterocycles. The zero-order valence-corrected chi connectivity index (χ0v) is 14.7. The minimum absolute atomic E-state index is 0.113. The highest BCUT2D eigenvalue weighted by atomic mass is 16.2. The minimum atomic E-state index is -0.159. The van der Waals surface area contributed by atoms with Crippen molar-refractivity contribution in [3.63, 3.8) is 0 Å². The summed E-state index contributed by atoms with van der Waals surface area (Å²) in [6.07, 6.45) is 0. The number of benzene rings is 1. The van der Waals surface area contributed by atoms with Crippen LogP contribution in [0.3, 0.4) is 0 Å². The quantitative estimate of drug-likeness (QED) is 0.886. The largest absolute Gasteiger partial charge is 0.323 e. The molecule has 1 N–H and O–H groups in total. The number of rotatable bonds is 6. The Kier molecular flexibility index (Phi) is 6.26. The topological polar surface area (TPSA) is 61.4 Å². The standard InChI is InChI=1S/C18H25N5O/c1-14(2)23(13-12-22(3)4)18(24)19-17-11-10-16(20-21-17)15-8-6-5-7-9-15/h5-11,14H,12-13H2,1-4H3,(H,19,21,24). The van der Waals surface area contributed by atoms with Crippen molar-refractivity contribution in [2.75, 3.05) is 32.5 Å². The van der Waals surface area contributed by atoms with Crippen molar-refractivity contribution in [2.24, 2.45) is 0 Å². The normalized spacial score (nSPS) is 10.9. The molecule has 24 heavy (non-hydrogen) atoms. The van der Waals surface area contributed by atoms with E-state index in [-0.39, 0.29) is 12.1 Å². The van der Waals surface area contributed by atoms with Gasteiger partial charge in [0.25, 0.3) is 0 Å². The molecule has 0 fully saturated rings. The average Bonchev–Trinajstić information content (AvgIpc) is 2.56. The number of hydrogen-bond donors (Lipinski definition) is 1. The van der Waals surface area contributed by atoms with Gasteiger partial charge in [-0.3, -0.25) is 5.32 Å². The van der Waals surface area contributed by atoms with Crippen LogP contribution in [0.25, 0.3) is 11.3 Å². The summed E-state index contributed by atoms with van der Waals surface area (Å²) in [6, 6.07) is 13.4. The van der Waals surface area contributed by atoms with E-state index in [9.17, 15) is 4.79 Å². The number of hydrogen-bond acceptors (Lipinski definition) is 4. The third kappa shape index (κ3) is 5.03. The first-order valence-electron chi connectivity index (χ1n) is 8.09. The lowest BCUT2D eigenvalue weighted by Crippen LogP contribution is -2.43. The first-order valence-corrected chi connectivity index (χ1v) is 8.09. The molecular formula is C18H25N5O. The summed E-state index contributed by atoms with van der Waals surface area (Å²) in [4.78, 5) is 16.3. The van der Waals surface area contributed by atoms with Crippen LogP contribution >= 0.6 is 0 Å². The first-order chi connectivity index (χ1) is 11.5. The summed E-state index contributed by atoms with van der Waals surface area (Å²) in [6.45, 7) is 5.47. The number of carbonyl (C=O) groups excluding carboxylic acids is 1. The van der Waals surface area contributed by atoms with E-state index < -0.39 is 0 Å². The molecule has 1 aromatic heterocycles. The molecule has 2 aromatic rings. The summed E-state index contributed by atoms with van der Waals surface area (Å²) in [5.41, 5.74) is 1.78. The summed E-state index contributed by atoms with van der Waals surface area (Å²) in [5.74, 6) is 0.454. The van der Waals surface area contributed by atoms with Crippen molar-refractivity contribution in [2.45, 2.75) is 19.9 Å². The lowest BCUT2D eigenvalue weighted by atomic mass is 10.1. The van der Waals surface area contributed by atoms with Gasteiger partial charge in [0.1, 0.15) is 0 Å². The van der Waals surface area contributed by atoms with Crippen LogP contribution < -0.4 is 5.32 Å². The number of aromatic nitrogens is 2. The first kappa shape index (κ1) is 17.9. The Morgan fingerprint density at radius 3 is 2.29 bits per heavy atom. The maximum Gasteiger partial charge on any atom is 0.323 e. The summed E-state index contributed by atoms with van der Waals surface area (Å²) >= 11 is 0. The molecule has 0 aliphatic carbocycles. The number of nitrogens with zero attached hydrogens (tertiary/aromatic N) is 4. The molecular weight excluding hydrogens is 302 g/mol. The highest BCUT2D eigenvalue weighted by molar-refractivity contribution is 5.88. The average molecular weight is 327 g/mol. The van der Waals surface area contributed by atoms with E-state index in [1.54, 1.807) is 11.0 Å². The van der Waals surface area contributed by atoms with Crippen LogP contribution in [-0.4, -0.2) is 59.3 Å². The molecule has 0 saturated carbocycles. The van der Waals surface area contributed by atoms with Crippen LogP contribution in [0.2, 0.25) is 0 Å². The molecule has 6 nitrogen and oxygen atoms in total. The molecule has 2 rings (SSSR count). The molecule has 1 heterocycles. The van der Waals surface area contributed by atoms with Crippen LogP contribution in [0.5, 0.6) is 0 Å². The zero-order valence-electron chi connectivity index (χ0n) is 14.7. The minimum Gasteiger partial charge on any atom is -0.321 e. The molecule has 0 unspecified atom stereocenters. The van der Waals surface area contributed by atoms with Crippen LogP contribution in [0, 0.1) is 0 Å². The molecule has 0 spiro atoms. The van der Waals surface area contributed by atoms with Crippen molar-refractivity contribution in [1.29, 1.82) is 0 Å². The van der Waals surface area contributed by atoms with Crippen LogP contribution in [0.1, 0.15) is 13.8 Å². The smallest absolute Gasteiger partial charge is 0.321 e. The Balaban J connectivity index is 2.02. The molecule has 0 atom stereocenters. The third-order valence-electron chi connectivity index (χ3n) is 3.64. The summed E-state index contributed by atoms with van der Waals surface area (Å²) < 4.78 is 0. The number of amides is 2. The highest BCUT2D eigenvalue weighted by Gasteiger charge is 2.17. The van der Waals surface area contributed by atoms with E-state index in [0.29, 0.717) is 12.4 Å². The fraction of sp³-hybridized carbons (Fsp3) is 0.389. The summed E-state index contributed by atoms with van der Waals surface area (Å²) in [5, 5.41) is 11.1. The van der Waals surface area contributed by atoms with Crippen LogP contribution in [0.4, 0.5) is 10.6 Å². The Labute approximate surface area is 143 Å². The van der Waals surface area contributed by atoms with E-state index >= 15 is 0 Å². The number of nitrogens with one attached hydrogen (secondary N) is 1. The molecule has 0 bridgehead atoms. The predicted molar refractivity (Wildman–Crippen MR) is 96.9 cm³/mol. The van der Waals surface area contributed by atoms with Gasteiger partial charge in [0.05, 0.1) is 5.69 Å². The van der Waals surface area contributed by atoms with Gasteiger partial charge in [0, 0.05) is 24.7 Å². The van der Waals surface area contributed by atoms with Gasteiger partial charge in [0.15, 0.2) is 5.82 Å². The number of likely N-dealkylation sites (N-methyl/N-ethyl adjacent to an activating group) is 1. The fourth-order valence-electron chi connectivity index (χ4n) is 2.25. The Morgan fingerprint density at radius 2 is 1.75 bits per heavy atom. The van der Waals surface area contributed by atoms with Gasteiger partial charge < -0.3 is 9.80 Å². The monoisotopic (exact) mass is 327 g/mol. The maximum absolute atomic E-state index is 12.5. The van der Waals surface area contributed by atoms with Crippen LogP contribution in [0.15, 0.2) is 42.5 Å². The summed E-state index contributed by atoms with van der Waals surface area (Å²) in [7, 11) is 3.98. The van der Waals surface area contributed by atoms with Gasteiger partial charge in [-0.05, 0) is 40.1 Å². The number of carbonyl (C=O) groups is 1. The molecule has 128 valence electrons. The van der Waals surface area contributed by atoms with Crippen molar-refractivity contribution in [3.05, 3.63) is 42.5 Å². The van der Waals surface area contributed by atoms with Gasteiger partial charge in [0.2, 0.25) is 0 Å². The van der Waals surface area contributed by atoms with Crippen molar-refractivity contribution in [1.82, 2.24) is 20.0 Å². The SMILES string of the molecule is CC(C)N(CCN(C)C)C(=O)Nc1ccc(-c2ccccc2)nn1. The molecule has 2 amide bonds. The molecule has 0 saturated heterocycles. The number of urea groups is 1. The lowest BCUT2D eigenvalue weighted by Gasteiger charge is -2.28. The van der Waals surface area contributed by atoms with E-state index in [0.717, 1.165) is 17.8 Å². The van der Waals surface area contributed by atoms with Gasteiger partial charge in [-0.15, -0.1) is 10.2 Å². The van der Waals surface area contributed by atoms with Crippen molar-refractivity contribution >= 4 is 11.8 Å². The lowest BCUT2D eigenvalue weighted by molar-refractivity contribution is 0.189. The van der Waals surface area contributed by atoms with E-state index in [4.69, 9.17) is 0 Å². The fourth-order valence-corrected chi connectivity index (χ4v) is 2.25. The third-order valence-corrected chi connectivity index (χ3v) is 3.64. The second-order valence-corrected chi connectivity index (χ2v) is 6.19. The molecule has 1 aromatic carbocycles.